The second-order valence-corrected chi connectivity index (χ2v) is 3.58. The van der Waals surface area contributed by atoms with Crippen LogP contribution in [0.15, 0.2) is 0 Å². The average molecular weight is 159 g/mol. The minimum Gasteiger partial charge on any atom is -0.481 e. The lowest BCUT2D eigenvalue weighted by Gasteiger charge is -2.15. The highest BCUT2D eigenvalue weighted by molar-refractivity contribution is 5.74. The highest BCUT2D eigenvalue weighted by Gasteiger charge is 2.67. The van der Waals surface area contributed by atoms with Crippen LogP contribution in [-0.4, -0.2) is 22.8 Å². The number of hydrogen-bond donors (Lipinski definition) is 2. The molecule has 0 saturated heterocycles. The molecule has 0 aromatic carbocycles. The molecule has 0 spiro atoms. The van der Waals surface area contributed by atoms with Gasteiger partial charge in [-0.2, -0.15) is 0 Å². The molecule has 0 bridgehead atoms. The van der Waals surface area contributed by atoms with Gasteiger partial charge in [-0.15, -0.1) is 0 Å². The van der Waals surface area contributed by atoms with Crippen molar-refractivity contribution in [3.05, 3.63) is 0 Å². The summed E-state index contributed by atoms with van der Waals surface area (Å²) in [6.45, 7) is 0. The van der Waals surface area contributed by atoms with Gasteiger partial charge in [-0.25, -0.2) is 4.39 Å². The molecular formula is C7H10FNO2. The van der Waals surface area contributed by atoms with Gasteiger partial charge in [0.05, 0.1) is 0 Å². The Bertz CT molecular complexity index is 220. The largest absolute Gasteiger partial charge is 0.481 e. The van der Waals surface area contributed by atoms with Gasteiger partial charge in [0.25, 0.3) is 0 Å². The van der Waals surface area contributed by atoms with E-state index in [9.17, 15) is 9.18 Å². The quantitative estimate of drug-likeness (QED) is 0.572. The normalized spacial score (nSPS) is 53.8. The highest BCUT2D eigenvalue weighted by atomic mass is 19.1. The fraction of sp³-hybridized carbons (Fsp3) is 0.857. The molecule has 2 saturated carbocycles. The molecule has 0 radical (unpaired) electrons. The molecule has 4 atom stereocenters. The molecule has 3 N–H and O–H groups in total. The monoisotopic (exact) mass is 159 g/mol. The van der Waals surface area contributed by atoms with Crippen molar-refractivity contribution in [2.75, 3.05) is 0 Å². The van der Waals surface area contributed by atoms with Gasteiger partial charge in [0, 0.05) is 5.54 Å². The van der Waals surface area contributed by atoms with Crippen molar-refractivity contribution in [2.24, 2.45) is 17.6 Å². The molecule has 0 amide bonds. The molecule has 3 nitrogen and oxygen atoms in total. The van der Waals surface area contributed by atoms with Crippen molar-refractivity contribution in [1.82, 2.24) is 0 Å². The second-order valence-electron chi connectivity index (χ2n) is 3.58. The maximum Gasteiger partial charge on any atom is 0.311 e. The average Bonchev–Trinajstić information content (AvgIpc) is 2.33. The zero-order chi connectivity index (χ0) is 8.22. The van der Waals surface area contributed by atoms with Crippen LogP contribution in [-0.2, 0) is 4.79 Å². The van der Waals surface area contributed by atoms with Crippen LogP contribution < -0.4 is 5.73 Å². The van der Waals surface area contributed by atoms with Crippen molar-refractivity contribution in [2.45, 2.75) is 24.6 Å². The van der Waals surface area contributed by atoms with Gasteiger partial charge in [-0.1, -0.05) is 0 Å². The minimum atomic E-state index is -1.23. The van der Waals surface area contributed by atoms with Crippen LogP contribution in [0.25, 0.3) is 0 Å². The first kappa shape index (κ1) is 7.03. The maximum atomic E-state index is 12.9. The molecule has 0 heterocycles. The van der Waals surface area contributed by atoms with Crippen LogP contribution in [0.1, 0.15) is 12.8 Å². The molecule has 2 rings (SSSR count). The van der Waals surface area contributed by atoms with Crippen LogP contribution in [0.4, 0.5) is 4.39 Å². The zero-order valence-corrected chi connectivity index (χ0v) is 5.96. The van der Waals surface area contributed by atoms with Crippen LogP contribution in [0.2, 0.25) is 0 Å². The molecule has 2 aliphatic rings. The summed E-state index contributed by atoms with van der Waals surface area (Å²) in [6, 6.07) is 0. The van der Waals surface area contributed by atoms with E-state index in [0.717, 1.165) is 0 Å². The SMILES string of the molecule is NC12CC1CC(F)C2C(=O)O. The Labute approximate surface area is 63.4 Å². The predicted molar refractivity (Wildman–Crippen MR) is 35.7 cm³/mol. The van der Waals surface area contributed by atoms with Gasteiger partial charge in [-0.3, -0.25) is 4.79 Å². The van der Waals surface area contributed by atoms with E-state index in [4.69, 9.17) is 10.8 Å². The summed E-state index contributed by atoms with van der Waals surface area (Å²) in [7, 11) is 0. The van der Waals surface area contributed by atoms with E-state index in [1.54, 1.807) is 0 Å². The van der Waals surface area contributed by atoms with Gasteiger partial charge in [-0.05, 0) is 18.8 Å². The van der Waals surface area contributed by atoms with Gasteiger partial charge < -0.3 is 10.8 Å². The number of nitrogens with two attached hydrogens (primary N) is 1. The van der Waals surface area contributed by atoms with Crippen molar-refractivity contribution >= 4 is 5.97 Å². The molecule has 11 heavy (non-hydrogen) atoms. The first-order chi connectivity index (χ1) is 5.05. The summed E-state index contributed by atoms with van der Waals surface area (Å²) >= 11 is 0. The van der Waals surface area contributed by atoms with Gasteiger partial charge in [0.15, 0.2) is 0 Å². The Kier molecular flexibility index (Phi) is 1.12. The summed E-state index contributed by atoms with van der Waals surface area (Å²) in [4.78, 5) is 10.5. The third-order valence-electron chi connectivity index (χ3n) is 2.92. The number of hydrogen-bond acceptors (Lipinski definition) is 2. The van der Waals surface area contributed by atoms with Crippen LogP contribution in [0, 0.1) is 11.8 Å². The topological polar surface area (TPSA) is 63.3 Å². The number of carboxylic acids is 1. The third-order valence-corrected chi connectivity index (χ3v) is 2.92. The van der Waals surface area contributed by atoms with E-state index in [1.165, 1.54) is 0 Å². The molecule has 0 aromatic heterocycles. The summed E-state index contributed by atoms with van der Waals surface area (Å²) in [6.07, 6.45) is -0.200. The van der Waals surface area contributed by atoms with Crippen molar-refractivity contribution in [3.8, 4) is 0 Å². The minimum absolute atomic E-state index is 0.124. The Hall–Kier alpha value is -0.640. The van der Waals surface area contributed by atoms with Crippen molar-refractivity contribution in [3.63, 3.8) is 0 Å². The molecule has 0 aromatic rings. The van der Waals surface area contributed by atoms with E-state index in [0.29, 0.717) is 12.8 Å². The Balaban J connectivity index is 2.23. The first-order valence-corrected chi connectivity index (χ1v) is 3.71. The van der Waals surface area contributed by atoms with Crippen molar-refractivity contribution < 1.29 is 14.3 Å². The van der Waals surface area contributed by atoms with E-state index in [-0.39, 0.29) is 5.92 Å². The molecular weight excluding hydrogens is 149 g/mol. The Morgan fingerprint density at radius 2 is 2.36 bits per heavy atom. The van der Waals surface area contributed by atoms with E-state index >= 15 is 0 Å². The van der Waals surface area contributed by atoms with Crippen LogP contribution in [0.5, 0.6) is 0 Å². The molecule has 4 unspecified atom stereocenters. The smallest absolute Gasteiger partial charge is 0.311 e. The first-order valence-electron chi connectivity index (χ1n) is 3.71. The fourth-order valence-electron chi connectivity index (χ4n) is 2.18. The van der Waals surface area contributed by atoms with Gasteiger partial charge in [0.1, 0.15) is 12.1 Å². The molecule has 62 valence electrons. The van der Waals surface area contributed by atoms with E-state index < -0.39 is 23.6 Å². The number of carboxylic acid groups (broad SMARTS) is 1. The summed E-state index contributed by atoms with van der Waals surface area (Å²) < 4.78 is 12.9. The number of aliphatic carboxylic acids is 1. The molecule has 2 fully saturated rings. The predicted octanol–water partition coefficient (Wildman–Crippen LogP) is 0.146. The van der Waals surface area contributed by atoms with Gasteiger partial charge in [0.2, 0.25) is 0 Å². The lowest BCUT2D eigenvalue weighted by atomic mass is 9.98. The third kappa shape index (κ3) is 0.730. The van der Waals surface area contributed by atoms with E-state index in [2.05, 4.69) is 0 Å². The number of carbonyl (C=O) groups is 1. The Morgan fingerprint density at radius 3 is 2.64 bits per heavy atom. The second kappa shape index (κ2) is 1.75. The van der Waals surface area contributed by atoms with Gasteiger partial charge >= 0.3 is 5.97 Å². The lowest BCUT2D eigenvalue weighted by Crippen LogP contribution is -2.40. The van der Waals surface area contributed by atoms with Crippen LogP contribution >= 0.6 is 0 Å². The lowest BCUT2D eigenvalue weighted by molar-refractivity contribution is -0.144. The fourth-order valence-corrected chi connectivity index (χ4v) is 2.18. The number of halogens is 1. The Morgan fingerprint density at radius 1 is 1.73 bits per heavy atom. The summed E-state index contributed by atoms with van der Waals surface area (Å²) in [5.74, 6) is -1.91. The summed E-state index contributed by atoms with van der Waals surface area (Å²) in [5.41, 5.74) is 4.96. The van der Waals surface area contributed by atoms with E-state index in [1.807, 2.05) is 0 Å². The molecule has 4 heteroatoms. The number of fused-ring (bicyclic) bond motifs is 1. The summed E-state index contributed by atoms with van der Waals surface area (Å²) in [5, 5.41) is 8.63. The molecule has 2 aliphatic carbocycles. The number of alkyl halides is 1. The van der Waals surface area contributed by atoms with Crippen molar-refractivity contribution in [1.29, 1.82) is 0 Å². The zero-order valence-electron chi connectivity index (χ0n) is 5.96. The van der Waals surface area contributed by atoms with Crippen LogP contribution in [0.3, 0.4) is 0 Å². The maximum absolute atomic E-state index is 12.9. The number of rotatable bonds is 1. The standard InChI is InChI=1S/C7H10FNO2/c8-4-1-3-2-7(3,9)5(4)6(10)11/h3-5H,1-2,9H2,(H,10,11). The molecule has 0 aliphatic heterocycles. The highest BCUT2D eigenvalue weighted by Crippen LogP contribution is 2.58.